The number of amidine groups is 1. The van der Waals surface area contributed by atoms with E-state index in [1.54, 1.807) is 18.2 Å². The summed E-state index contributed by atoms with van der Waals surface area (Å²) in [5.41, 5.74) is 6.54. The highest BCUT2D eigenvalue weighted by Gasteiger charge is 2.07. The van der Waals surface area contributed by atoms with Gasteiger partial charge in [0.1, 0.15) is 18.2 Å². The van der Waals surface area contributed by atoms with Crippen molar-refractivity contribution in [3.05, 3.63) is 64.5 Å². The number of nitrogen functional groups attached to an aromatic ring is 1. The maximum atomic E-state index is 11.0. The van der Waals surface area contributed by atoms with Gasteiger partial charge in [0, 0.05) is 4.70 Å². The van der Waals surface area contributed by atoms with Crippen molar-refractivity contribution in [3.63, 3.8) is 0 Å². The van der Waals surface area contributed by atoms with E-state index in [0.717, 1.165) is 20.5 Å². The molecule has 2 aromatic carbocycles. The second-order valence-electron chi connectivity index (χ2n) is 5.02. The topological polar surface area (TPSA) is 96.4 Å². The molecule has 1 heterocycles. The average molecular weight is 326 g/mol. The van der Waals surface area contributed by atoms with Crippen LogP contribution in [0.25, 0.3) is 10.1 Å². The average Bonchev–Trinajstić information content (AvgIpc) is 2.96. The lowest BCUT2D eigenvalue weighted by Gasteiger charge is -2.07. The summed E-state index contributed by atoms with van der Waals surface area (Å²) in [6.45, 7) is 0.289. The van der Waals surface area contributed by atoms with Gasteiger partial charge < -0.3 is 15.6 Å². The number of benzene rings is 2. The van der Waals surface area contributed by atoms with E-state index in [2.05, 4.69) is 0 Å². The summed E-state index contributed by atoms with van der Waals surface area (Å²) < 4.78 is 6.73. The maximum absolute atomic E-state index is 11.0. The maximum Gasteiger partial charge on any atom is 0.335 e. The number of hydrogen-bond acceptors (Lipinski definition) is 4. The quantitative estimate of drug-likeness (QED) is 0.494. The smallest absolute Gasteiger partial charge is 0.335 e. The molecule has 0 atom stereocenters. The molecule has 0 aliphatic heterocycles. The van der Waals surface area contributed by atoms with Crippen LogP contribution in [0.4, 0.5) is 0 Å². The third-order valence-corrected chi connectivity index (χ3v) is 4.47. The zero-order chi connectivity index (χ0) is 16.4. The van der Waals surface area contributed by atoms with Gasteiger partial charge in [-0.1, -0.05) is 12.1 Å². The van der Waals surface area contributed by atoms with Gasteiger partial charge in [-0.2, -0.15) is 0 Å². The Bertz CT molecular complexity index is 902. The number of hydrogen-bond donors (Lipinski definition) is 3. The van der Waals surface area contributed by atoms with Crippen molar-refractivity contribution in [2.45, 2.75) is 6.61 Å². The second-order valence-corrected chi connectivity index (χ2v) is 6.10. The van der Waals surface area contributed by atoms with Crippen LogP contribution in [0.2, 0.25) is 0 Å². The lowest BCUT2D eigenvalue weighted by molar-refractivity contribution is 0.0696. The van der Waals surface area contributed by atoms with Gasteiger partial charge >= 0.3 is 5.97 Å². The Morgan fingerprint density at radius 3 is 2.78 bits per heavy atom. The molecule has 23 heavy (non-hydrogen) atoms. The van der Waals surface area contributed by atoms with Crippen LogP contribution in [-0.2, 0) is 6.61 Å². The molecule has 0 saturated carbocycles. The number of rotatable bonds is 5. The van der Waals surface area contributed by atoms with Crippen molar-refractivity contribution in [1.82, 2.24) is 0 Å². The van der Waals surface area contributed by atoms with Gasteiger partial charge in [-0.05, 0) is 47.3 Å². The van der Waals surface area contributed by atoms with Gasteiger partial charge in [0.25, 0.3) is 0 Å². The van der Waals surface area contributed by atoms with Crippen LogP contribution in [0, 0.1) is 5.41 Å². The van der Waals surface area contributed by atoms with E-state index in [9.17, 15) is 4.79 Å². The number of ether oxygens (including phenoxy) is 1. The molecule has 0 bridgehead atoms. The van der Waals surface area contributed by atoms with Crippen LogP contribution in [-0.4, -0.2) is 16.9 Å². The van der Waals surface area contributed by atoms with Crippen LogP contribution in [0.1, 0.15) is 20.8 Å². The Balaban J connectivity index is 1.77. The molecule has 6 heteroatoms. The van der Waals surface area contributed by atoms with E-state index in [4.69, 9.17) is 21.0 Å². The third kappa shape index (κ3) is 3.32. The van der Waals surface area contributed by atoms with Crippen LogP contribution in [0.15, 0.2) is 48.5 Å². The number of nitrogens with two attached hydrogens (primary N) is 1. The van der Waals surface area contributed by atoms with E-state index >= 15 is 0 Å². The zero-order valence-electron chi connectivity index (χ0n) is 12.1. The van der Waals surface area contributed by atoms with E-state index in [1.165, 1.54) is 11.3 Å². The molecule has 0 amide bonds. The lowest BCUT2D eigenvalue weighted by atomic mass is 10.1. The number of carboxylic acid groups (broad SMARTS) is 1. The van der Waals surface area contributed by atoms with Gasteiger partial charge in [-0.15, -0.1) is 11.3 Å². The highest BCUT2D eigenvalue weighted by Crippen LogP contribution is 2.29. The molecule has 0 aliphatic carbocycles. The van der Waals surface area contributed by atoms with E-state index in [1.807, 2.05) is 30.3 Å². The Morgan fingerprint density at radius 2 is 2.04 bits per heavy atom. The molecule has 0 radical (unpaired) electrons. The van der Waals surface area contributed by atoms with Crippen LogP contribution in [0.3, 0.4) is 0 Å². The summed E-state index contributed by atoms with van der Waals surface area (Å²) in [6.07, 6.45) is 0. The second kappa shape index (κ2) is 6.10. The van der Waals surface area contributed by atoms with Crippen molar-refractivity contribution in [3.8, 4) is 5.75 Å². The van der Waals surface area contributed by atoms with E-state index < -0.39 is 5.97 Å². The Morgan fingerprint density at radius 1 is 1.22 bits per heavy atom. The summed E-state index contributed by atoms with van der Waals surface area (Å²) in [4.78, 5) is 11.7. The predicted octanol–water partition coefficient (Wildman–Crippen LogP) is 3.46. The number of nitrogens with one attached hydrogen (secondary N) is 1. The normalized spacial score (nSPS) is 10.6. The molecule has 0 unspecified atom stereocenters. The Kier molecular flexibility index (Phi) is 3.99. The first-order chi connectivity index (χ1) is 11.0. The monoisotopic (exact) mass is 326 g/mol. The minimum atomic E-state index is -0.955. The fourth-order valence-electron chi connectivity index (χ4n) is 2.19. The number of fused-ring (bicyclic) bond motifs is 1. The van der Waals surface area contributed by atoms with Crippen molar-refractivity contribution < 1.29 is 14.6 Å². The van der Waals surface area contributed by atoms with E-state index in [0.29, 0.717) is 5.75 Å². The minimum absolute atomic E-state index is 0.0548. The summed E-state index contributed by atoms with van der Waals surface area (Å²) in [6, 6.07) is 14.2. The Hall–Kier alpha value is -2.86. The molecule has 5 nitrogen and oxygen atoms in total. The SMILES string of the molecule is N=C(N)c1cc2ccc(OCc3cccc(C(=O)O)c3)cc2s1. The molecular formula is C17H14N2O3S. The largest absolute Gasteiger partial charge is 0.489 e. The molecule has 0 spiro atoms. The van der Waals surface area contributed by atoms with Gasteiger partial charge in [-0.3, -0.25) is 5.41 Å². The molecule has 0 fully saturated rings. The van der Waals surface area contributed by atoms with Crippen molar-refractivity contribution in [1.29, 1.82) is 5.41 Å². The summed E-state index contributed by atoms with van der Waals surface area (Å²) in [5, 5.41) is 17.5. The number of carbonyl (C=O) groups is 1. The van der Waals surface area contributed by atoms with Crippen LogP contribution < -0.4 is 10.5 Å². The first kappa shape index (κ1) is 15.1. The molecule has 0 saturated heterocycles. The van der Waals surface area contributed by atoms with Gasteiger partial charge in [0.15, 0.2) is 0 Å². The van der Waals surface area contributed by atoms with Crippen molar-refractivity contribution in [2.75, 3.05) is 0 Å². The Labute approximate surface area is 136 Å². The molecule has 3 rings (SSSR count). The highest BCUT2D eigenvalue weighted by atomic mass is 32.1. The molecule has 116 valence electrons. The minimum Gasteiger partial charge on any atom is -0.489 e. The van der Waals surface area contributed by atoms with Gasteiger partial charge in [0.2, 0.25) is 0 Å². The fourth-order valence-corrected chi connectivity index (χ4v) is 3.15. The lowest BCUT2D eigenvalue weighted by Crippen LogP contribution is -2.08. The zero-order valence-corrected chi connectivity index (χ0v) is 12.9. The number of carboxylic acids is 1. The first-order valence-corrected chi connectivity index (χ1v) is 7.67. The summed E-state index contributed by atoms with van der Waals surface area (Å²) in [5.74, 6) is -0.210. The number of thiophene rings is 1. The third-order valence-electron chi connectivity index (χ3n) is 3.34. The standard InChI is InChI=1S/C17H14N2O3S/c18-16(19)15-7-11-4-5-13(8-14(11)23-15)22-9-10-2-1-3-12(6-10)17(20)21/h1-8H,9H2,(H3,18,19)(H,20,21). The van der Waals surface area contributed by atoms with Gasteiger partial charge in [-0.25, -0.2) is 4.79 Å². The molecular weight excluding hydrogens is 312 g/mol. The molecule has 3 aromatic rings. The molecule has 4 N–H and O–H groups in total. The van der Waals surface area contributed by atoms with E-state index in [-0.39, 0.29) is 18.0 Å². The van der Waals surface area contributed by atoms with Crippen molar-refractivity contribution in [2.24, 2.45) is 5.73 Å². The summed E-state index contributed by atoms with van der Waals surface area (Å²) in [7, 11) is 0. The van der Waals surface area contributed by atoms with Crippen LogP contribution in [0.5, 0.6) is 5.75 Å². The molecule has 1 aromatic heterocycles. The summed E-state index contributed by atoms with van der Waals surface area (Å²) >= 11 is 1.44. The molecule has 0 aliphatic rings. The van der Waals surface area contributed by atoms with Gasteiger partial charge in [0.05, 0.1) is 10.4 Å². The highest BCUT2D eigenvalue weighted by molar-refractivity contribution is 7.20. The van der Waals surface area contributed by atoms with Crippen molar-refractivity contribution >= 4 is 33.2 Å². The van der Waals surface area contributed by atoms with Crippen LogP contribution >= 0.6 is 11.3 Å². The predicted molar refractivity (Wildman–Crippen MR) is 90.6 cm³/mol. The number of aromatic carboxylic acids is 1. The first-order valence-electron chi connectivity index (χ1n) is 6.86. The fraction of sp³-hybridized carbons (Fsp3) is 0.0588.